The predicted molar refractivity (Wildman–Crippen MR) is 71.2 cm³/mol. The van der Waals surface area contributed by atoms with Crippen LogP contribution in [0.2, 0.25) is 5.02 Å². The van der Waals surface area contributed by atoms with Crippen molar-refractivity contribution in [2.75, 3.05) is 13.2 Å². The van der Waals surface area contributed by atoms with Crippen LogP contribution in [-0.4, -0.2) is 24.4 Å². The number of halogens is 1. The highest BCUT2D eigenvalue weighted by Gasteiger charge is 2.16. The van der Waals surface area contributed by atoms with Crippen LogP contribution >= 0.6 is 11.6 Å². The molecule has 0 aromatic heterocycles. The number of rotatable bonds is 5. The molecule has 0 radical (unpaired) electrons. The largest absolute Gasteiger partial charge is 0.493 e. The zero-order valence-corrected chi connectivity index (χ0v) is 11.3. The van der Waals surface area contributed by atoms with Crippen LogP contribution in [0.4, 0.5) is 0 Å². The summed E-state index contributed by atoms with van der Waals surface area (Å²) in [4.78, 5) is 0. The molecule has 4 heteroatoms. The molecule has 18 heavy (non-hydrogen) atoms. The van der Waals surface area contributed by atoms with E-state index in [1.165, 1.54) is 0 Å². The minimum atomic E-state index is -0.582. The van der Waals surface area contributed by atoms with Gasteiger partial charge in [0.25, 0.3) is 0 Å². The van der Waals surface area contributed by atoms with Gasteiger partial charge in [0.2, 0.25) is 0 Å². The van der Waals surface area contributed by atoms with Gasteiger partial charge in [-0.1, -0.05) is 11.6 Å². The van der Waals surface area contributed by atoms with Crippen LogP contribution in [0.3, 0.4) is 0 Å². The molecule has 0 saturated carbocycles. The summed E-state index contributed by atoms with van der Waals surface area (Å²) in [6, 6.07) is 5.32. The molecule has 0 spiro atoms. The highest BCUT2D eigenvalue weighted by molar-refractivity contribution is 6.30. The summed E-state index contributed by atoms with van der Waals surface area (Å²) in [6.45, 7) is 3.18. The molecule has 1 aromatic carbocycles. The Bertz CT molecular complexity index is 387. The molecule has 1 aliphatic heterocycles. The van der Waals surface area contributed by atoms with Gasteiger partial charge in [-0.05, 0) is 38.0 Å². The number of benzene rings is 1. The number of hydrogen-bond acceptors (Lipinski definition) is 3. The van der Waals surface area contributed by atoms with Crippen LogP contribution in [0.25, 0.3) is 0 Å². The Hall–Kier alpha value is -0.770. The third-order valence-corrected chi connectivity index (χ3v) is 3.38. The van der Waals surface area contributed by atoms with E-state index in [0.717, 1.165) is 31.4 Å². The van der Waals surface area contributed by atoms with Gasteiger partial charge in [0, 0.05) is 23.6 Å². The normalized spacial score (nSPS) is 20.9. The van der Waals surface area contributed by atoms with Crippen LogP contribution in [0.5, 0.6) is 5.75 Å². The number of hydrogen-bond donors (Lipinski definition) is 1. The average Bonchev–Trinajstić information content (AvgIpc) is 2.84. The lowest BCUT2D eigenvalue weighted by Crippen LogP contribution is -2.11. The molecule has 0 amide bonds. The minimum Gasteiger partial charge on any atom is -0.493 e. The number of aliphatic hydroxyl groups excluding tert-OH is 1. The number of ether oxygens (including phenoxy) is 2. The van der Waals surface area contributed by atoms with Gasteiger partial charge in [-0.15, -0.1) is 0 Å². The molecule has 0 bridgehead atoms. The van der Waals surface area contributed by atoms with Crippen molar-refractivity contribution in [1.82, 2.24) is 0 Å². The van der Waals surface area contributed by atoms with Gasteiger partial charge in [0.15, 0.2) is 0 Å². The van der Waals surface area contributed by atoms with Crippen molar-refractivity contribution in [2.45, 2.75) is 38.4 Å². The molecule has 2 rings (SSSR count). The van der Waals surface area contributed by atoms with Gasteiger partial charge in [0.1, 0.15) is 5.75 Å². The van der Waals surface area contributed by atoms with Crippen molar-refractivity contribution in [3.63, 3.8) is 0 Å². The predicted octanol–water partition coefficient (Wildman–Crippen LogP) is 3.34. The molecule has 1 heterocycles. The fraction of sp³-hybridized carbons (Fsp3) is 0.571. The zero-order valence-electron chi connectivity index (χ0n) is 10.6. The lowest BCUT2D eigenvalue weighted by atomic mass is 10.1. The van der Waals surface area contributed by atoms with Gasteiger partial charge in [-0.25, -0.2) is 0 Å². The molecule has 1 unspecified atom stereocenters. The first-order valence-electron chi connectivity index (χ1n) is 6.38. The van der Waals surface area contributed by atoms with E-state index in [9.17, 15) is 5.11 Å². The van der Waals surface area contributed by atoms with E-state index in [4.69, 9.17) is 21.1 Å². The first-order chi connectivity index (χ1) is 8.66. The van der Waals surface area contributed by atoms with Crippen LogP contribution in [0.15, 0.2) is 18.2 Å². The molecule has 1 saturated heterocycles. The molecule has 1 aliphatic rings. The molecular formula is C14H19ClO3. The fourth-order valence-corrected chi connectivity index (χ4v) is 2.33. The molecule has 1 fully saturated rings. The highest BCUT2D eigenvalue weighted by Crippen LogP contribution is 2.28. The Morgan fingerprint density at radius 3 is 3.06 bits per heavy atom. The maximum Gasteiger partial charge on any atom is 0.125 e. The van der Waals surface area contributed by atoms with E-state index in [0.29, 0.717) is 23.5 Å². The van der Waals surface area contributed by atoms with Crippen molar-refractivity contribution >= 4 is 11.6 Å². The highest BCUT2D eigenvalue weighted by atomic mass is 35.5. The summed E-state index contributed by atoms with van der Waals surface area (Å²) < 4.78 is 11.3. The van der Waals surface area contributed by atoms with Crippen LogP contribution < -0.4 is 4.74 Å². The third kappa shape index (κ3) is 3.61. The lowest BCUT2D eigenvalue weighted by Gasteiger charge is -2.15. The van der Waals surface area contributed by atoms with Gasteiger partial charge < -0.3 is 14.6 Å². The average molecular weight is 271 g/mol. The Labute approximate surface area is 113 Å². The van der Waals surface area contributed by atoms with Crippen molar-refractivity contribution in [2.24, 2.45) is 0 Å². The molecule has 1 N–H and O–H groups in total. The van der Waals surface area contributed by atoms with Crippen molar-refractivity contribution < 1.29 is 14.6 Å². The zero-order chi connectivity index (χ0) is 13.0. The molecule has 0 aliphatic carbocycles. The van der Waals surface area contributed by atoms with Crippen LogP contribution in [0, 0.1) is 0 Å². The van der Waals surface area contributed by atoms with E-state index in [1.54, 1.807) is 25.1 Å². The molecule has 2 atom stereocenters. The van der Waals surface area contributed by atoms with Crippen LogP contribution in [0.1, 0.15) is 37.9 Å². The minimum absolute atomic E-state index is 0.326. The molecular weight excluding hydrogens is 252 g/mol. The van der Waals surface area contributed by atoms with Gasteiger partial charge >= 0.3 is 0 Å². The fourth-order valence-electron chi connectivity index (χ4n) is 2.15. The summed E-state index contributed by atoms with van der Waals surface area (Å²) in [7, 11) is 0. The molecule has 3 nitrogen and oxygen atoms in total. The first-order valence-corrected chi connectivity index (χ1v) is 6.76. The Morgan fingerprint density at radius 1 is 1.56 bits per heavy atom. The lowest BCUT2D eigenvalue weighted by molar-refractivity contribution is 0.0896. The second-order valence-electron chi connectivity index (χ2n) is 4.63. The van der Waals surface area contributed by atoms with E-state index in [2.05, 4.69) is 0 Å². The summed E-state index contributed by atoms with van der Waals surface area (Å²) in [5.41, 5.74) is 0.731. The Balaban J connectivity index is 1.91. The smallest absolute Gasteiger partial charge is 0.125 e. The first kappa shape index (κ1) is 13.7. The van der Waals surface area contributed by atoms with Gasteiger partial charge in [0.05, 0.1) is 18.8 Å². The second-order valence-corrected chi connectivity index (χ2v) is 5.07. The second kappa shape index (κ2) is 6.41. The van der Waals surface area contributed by atoms with Crippen molar-refractivity contribution in [1.29, 1.82) is 0 Å². The molecule has 100 valence electrons. The molecule has 1 aromatic rings. The Morgan fingerprint density at radius 2 is 2.39 bits per heavy atom. The van der Waals surface area contributed by atoms with E-state index >= 15 is 0 Å². The Kier molecular flexibility index (Phi) is 4.87. The quantitative estimate of drug-likeness (QED) is 0.892. The third-order valence-electron chi connectivity index (χ3n) is 3.14. The summed E-state index contributed by atoms with van der Waals surface area (Å²) >= 11 is 5.91. The van der Waals surface area contributed by atoms with Gasteiger partial charge in [-0.2, -0.15) is 0 Å². The van der Waals surface area contributed by atoms with E-state index in [-0.39, 0.29) is 0 Å². The van der Waals surface area contributed by atoms with Crippen molar-refractivity contribution in [3.05, 3.63) is 28.8 Å². The van der Waals surface area contributed by atoms with Crippen LogP contribution in [-0.2, 0) is 4.74 Å². The topological polar surface area (TPSA) is 38.7 Å². The summed E-state index contributed by atoms with van der Waals surface area (Å²) in [5, 5.41) is 10.3. The SMILES string of the molecule is C[C@@H](O)c1cc(Cl)ccc1OCCC1CCCO1. The van der Waals surface area contributed by atoms with E-state index in [1.807, 2.05) is 0 Å². The maximum atomic E-state index is 9.68. The summed E-state index contributed by atoms with van der Waals surface area (Å²) in [6.07, 6.45) is 2.90. The van der Waals surface area contributed by atoms with Gasteiger partial charge in [-0.3, -0.25) is 0 Å². The maximum absolute atomic E-state index is 9.68. The monoisotopic (exact) mass is 270 g/mol. The number of aliphatic hydroxyl groups is 1. The van der Waals surface area contributed by atoms with Crippen molar-refractivity contribution in [3.8, 4) is 5.75 Å². The summed E-state index contributed by atoms with van der Waals surface area (Å²) in [5.74, 6) is 0.701. The standard InChI is InChI=1S/C14H19ClO3/c1-10(16)13-9-11(15)4-5-14(13)18-8-6-12-3-2-7-17-12/h4-5,9-10,12,16H,2-3,6-8H2,1H3/t10-,12?/m1/s1. The van der Waals surface area contributed by atoms with E-state index < -0.39 is 6.10 Å².